The van der Waals surface area contributed by atoms with Crippen LogP contribution in [0.2, 0.25) is 0 Å². The molecule has 0 spiro atoms. The van der Waals surface area contributed by atoms with Crippen molar-refractivity contribution in [3.05, 3.63) is 46.8 Å². The van der Waals surface area contributed by atoms with Crippen molar-refractivity contribution in [2.75, 3.05) is 13.1 Å². The number of nitrogens with one attached hydrogen (secondary N) is 2. The number of aromatic nitrogens is 2. The van der Waals surface area contributed by atoms with Crippen LogP contribution < -0.4 is 10.1 Å². The van der Waals surface area contributed by atoms with Gasteiger partial charge in [0.2, 0.25) is 0 Å². The molecule has 0 radical (unpaired) electrons. The van der Waals surface area contributed by atoms with Gasteiger partial charge < -0.3 is 15.0 Å². The predicted octanol–water partition coefficient (Wildman–Crippen LogP) is 2.88. The molecule has 2 amide bonds. The largest absolute Gasteiger partial charge is 0.488 e. The smallest absolute Gasteiger partial charge is 0.318 e. The van der Waals surface area contributed by atoms with Gasteiger partial charge >= 0.3 is 6.03 Å². The number of para-hydroxylation sites is 1. The zero-order valence-electron chi connectivity index (χ0n) is 14.7. The average Bonchev–Trinajstić information content (AvgIpc) is 3.31. The second-order valence-electron chi connectivity index (χ2n) is 6.94. The summed E-state index contributed by atoms with van der Waals surface area (Å²) >= 11 is 0. The van der Waals surface area contributed by atoms with Gasteiger partial charge in [-0.15, -0.1) is 0 Å². The first-order valence-electron chi connectivity index (χ1n) is 8.94. The van der Waals surface area contributed by atoms with Crippen LogP contribution in [0.4, 0.5) is 4.79 Å². The van der Waals surface area contributed by atoms with Crippen LogP contribution in [-0.2, 0) is 6.42 Å². The molecule has 2 N–H and O–H groups in total. The molecule has 2 aromatic rings. The van der Waals surface area contributed by atoms with Gasteiger partial charge in [0.25, 0.3) is 0 Å². The molecule has 0 unspecified atom stereocenters. The van der Waals surface area contributed by atoms with Crippen LogP contribution in [0.15, 0.2) is 24.3 Å². The highest BCUT2D eigenvalue weighted by Gasteiger charge is 2.33. The summed E-state index contributed by atoms with van der Waals surface area (Å²) in [6.45, 7) is 5.33. The Morgan fingerprint density at radius 1 is 1.40 bits per heavy atom. The van der Waals surface area contributed by atoms with Gasteiger partial charge in [-0.2, -0.15) is 5.10 Å². The molecule has 1 aromatic heterocycles. The molecule has 25 heavy (non-hydrogen) atoms. The summed E-state index contributed by atoms with van der Waals surface area (Å²) in [6.07, 6.45) is 2.87. The van der Waals surface area contributed by atoms with E-state index >= 15 is 0 Å². The van der Waals surface area contributed by atoms with Crippen molar-refractivity contribution in [3.63, 3.8) is 0 Å². The summed E-state index contributed by atoms with van der Waals surface area (Å²) in [4.78, 5) is 14.7. The maximum absolute atomic E-state index is 12.7. The summed E-state index contributed by atoms with van der Waals surface area (Å²) in [5.41, 5.74) is 4.41. The number of urea groups is 1. The number of aryl methyl sites for hydroxylation is 2. The minimum atomic E-state index is -0.0120. The Balaban J connectivity index is 1.38. The van der Waals surface area contributed by atoms with E-state index in [1.165, 1.54) is 5.56 Å². The van der Waals surface area contributed by atoms with Gasteiger partial charge in [0.05, 0.1) is 18.3 Å². The summed E-state index contributed by atoms with van der Waals surface area (Å²) in [7, 11) is 0. The zero-order valence-corrected chi connectivity index (χ0v) is 14.7. The Morgan fingerprint density at radius 3 is 3.00 bits per heavy atom. The molecule has 1 saturated heterocycles. The molecule has 3 heterocycles. The fourth-order valence-corrected chi connectivity index (χ4v) is 4.03. The maximum atomic E-state index is 12.7. The number of aromatic amines is 1. The molecule has 1 aromatic carbocycles. The van der Waals surface area contributed by atoms with E-state index in [1.54, 1.807) is 0 Å². The number of amides is 2. The van der Waals surface area contributed by atoms with Crippen LogP contribution in [-0.4, -0.2) is 40.3 Å². The number of hydrogen-bond donors (Lipinski definition) is 2. The number of ether oxygens (including phenoxy) is 1. The first-order chi connectivity index (χ1) is 12.1. The average molecular weight is 340 g/mol. The molecule has 0 bridgehead atoms. The van der Waals surface area contributed by atoms with E-state index in [0.717, 1.165) is 48.5 Å². The molecule has 6 nitrogen and oxygen atoms in total. The van der Waals surface area contributed by atoms with Crippen molar-refractivity contribution >= 4 is 6.03 Å². The summed E-state index contributed by atoms with van der Waals surface area (Å²) in [6, 6.07) is 8.16. The van der Waals surface area contributed by atoms with Crippen LogP contribution in [0.25, 0.3) is 0 Å². The second-order valence-corrected chi connectivity index (χ2v) is 6.94. The highest BCUT2D eigenvalue weighted by Crippen LogP contribution is 2.35. The van der Waals surface area contributed by atoms with Crippen LogP contribution in [0.5, 0.6) is 5.75 Å². The van der Waals surface area contributed by atoms with Crippen LogP contribution in [0.3, 0.4) is 0 Å². The Labute approximate surface area is 147 Å². The predicted molar refractivity (Wildman–Crippen MR) is 94.7 cm³/mol. The molecular weight excluding hydrogens is 316 g/mol. The molecular formula is C19H24N4O2. The van der Waals surface area contributed by atoms with Crippen molar-refractivity contribution in [2.24, 2.45) is 0 Å². The topological polar surface area (TPSA) is 70.2 Å². The number of H-pyrrole nitrogens is 1. The van der Waals surface area contributed by atoms with Gasteiger partial charge in [-0.05, 0) is 38.3 Å². The number of carbonyl (C=O) groups is 1. The van der Waals surface area contributed by atoms with Crippen molar-refractivity contribution in [2.45, 2.75) is 45.3 Å². The van der Waals surface area contributed by atoms with Gasteiger partial charge in [0.1, 0.15) is 11.9 Å². The van der Waals surface area contributed by atoms with E-state index in [4.69, 9.17) is 4.74 Å². The lowest BCUT2D eigenvalue weighted by Gasteiger charge is -2.26. The Bertz CT molecular complexity index is 741. The molecule has 1 fully saturated rings. The number of carbonyl (C=O) groups excluding carboxylic acids is 1. The lowest BCUT2D eigenvalue weighted by atomic mass is 10.0. The second kappa shape index (κ2) is 6.43. The number of hydrogen-bond acceptors (Lipinski definition) is 3. The quantitative estimate of drug-likeness (QED) is 0.902. The summed E-state index contributed by atoms with van der Waals surface area (Å²) in [5, 5.41) is 10.4. The zero-order chi connectivity index (χ0) is 17.4. The molecule has 2 aliphatic rings. The van der Waals surface area contributed by atoms with Gasteiger partial charge in [0.15, 0.2) is 0 Å². The highest BCUT2D eigenvalue weighted by molar-refractivity contribution is 5.75. The van der Waals surface area contributed by atoms with E-state index in [1.807, 2.05) is 36.9 Å². The molecule has 0 aliphatic carbocycles. The molecule has 6 heteroatoms. The van der Waals surface area contributed by atoms with E-state index in [2.05, 4.69) is 21.6 Å². The van der Waals surface area contributed by atoms with Gasteiger partial charge in [-0.25, -0.2) is 4.79 Å². The monoisotopic (exact) mass is 340 g/mol. The third-order valence-corrected chi connectivity index (χ3v) is 5.23. The first-order valence-corrected chi connectivity index (χ1v) is 8.94. The van der Waals surface area contributed by atoms with Crippen LogP contribution in [0, 0.1) is 13.8 Å². The summed E-state index contributed by atoms with van der Waals surface area (Å²) in [5.74, 6) is 0.936. The lowest BCUT2D eigenvalue weighted by Crippen LogP contribution is -2.43. The van der Waals surface area contributed by atoms with Gasteiger partial charge in [-0.1, -0.05) is 18.2 Å². The minimum absolute atomic E-state index is 0.0120. The Kier molecular flexibility index (Phi) is 4.11. The van der Waals surface area contributed by atoms with Crippen molar-refractivity contribution in [1.29, 1.82) is 0 Å². The minimum Gasteiger partial charge on any atom is -0.488 e. The lowest BCUT2D eigenvalue weighted by molar-refractivity contribution is 0.180. The number of nitrogens with zero attached hydrogens (tertiary/aromatic N) is 2. The van der Waals surface area contributed by atoms with Crippen molar-refractivity contribution < 1.29 is 9.53 Å². The summed E-state index contributed by atoms with van der Waals surface area (Å²) < 4.78 is 5.91. The number of rotatable bonds is 3. The van der Waals surface area contributed by atoms with Crippen LogP contribution in [0.1, 0.15) is 41.4 Å². The SMILES string of the molecule is Cc1n[nH]c(C)c1[C@H]1CCCN1C(=O)NC[C@H]1Cc2ccccc2O1. The molecule has 2 aliphatic heterocycles. The normalized spacial score (nSPS) is 21.9. The molecule has 4 rings (SSSR count). The number of fused-ring (bicyclic) bond motifs is 1. The van der Waals surface area contributed by atoms with Crippen molar-refractivity contribution in [1.82, 2.24) is 20.4 Å². The van der Waals surface area contributed by atoms with Gasteiger partial charge in [-0.3, -0.25) is 5.10 Å². The van der Waals surface area contributed by atoms with E-state index in [-0.39, 0.29) is 18.2 Å². The Morgan fingerprint density at radius 2 is 2.24 bits per heavy atom. The van der Waals surface area contributed by atoms with E-state index in [0.29, 0.717) is 6.54 Å². The molecule has 2 atom stereocenters. The van der Waals surface area contributed by atoms with Crippen LogP contribution >= 0.6 is 0 Å². The third kappa shape index (κ3) is 2.97. The third-order valence-electron chi connectivity index (χ3n) is 5.23. The highest BCUT2D eigenvalue weighted by atomic mass is 16.5. The number of benzene rings is 1. The van der Waals surface area contributed by atoms with Crippen molar-refractivity contribution in [3.8, 4) is 5.75 Å². The molecule has 0 saturated carbocycles. The first kappa shape index (κ1) is 16.0. The maximum Gasteiger partial charge on any atom is 0.318 e. The standard InChI is InChI=1S/C19H24N4O2/c1-12-18(13(2)22-21-12)16-7-5-9-23(16)19(24)20-11-15-10-14-6-3-4-8-17(14)25-15/h3-4,6,8,15-16H,5,7,9-11H2,1-2H3,(H,20,24)(H,21,22)/t15-,16-/m1/s1. The fraction of sp³-hybridized carbons (Fsp3) is 0.474. The molecule has 132 valence electrons. The van der Waals surface area contributed by atoms with Gasteiger partial charge in [0, 0.05) is 24.2 Å². The van der Waals surface area contributed by atoms with E-state index in [9.17, 15) is 4.79 Å². The van der Waals surface area contributed by atoms with E-state index < -0.39 is 0 Å². The fourth-order valence-electron chi connectivity index (χ4n) is 4.03. The number of likely N-dealkylation sites (tertiary alicyclic amines) is 1. The Hall–Kier alpha value is -2.50.